The molecule has 7 nitrogen and oxygen atoms in total. The van der Waals surface area contributed by atoms with Crippen LogP contribution in [0.25, 0.3) is 0 Å². The fourth-order valence-electron chi connectivity index (χ4n) is 2.48. The van der Waals surface area contributed by atoms with Gasteiger partial charge in [-0.2, -0.15) is 4.98 Å². The second-order valence-corrected chi connectivity index (χ2v) is 6.36. The van der Waals surface area contributed by atoms with E-state index in [4.69, 9.17) is 9.26 Å². The molecule has 0 bridgehead atoms. The third-order valence-corrected chi connectivity index (χ3v) is 3.85. The van der Waals surface area contributed by atoms with Gasteiger partial charge in [0.25, 0.3) is 0 Å². The van der Waals surface area contributed by atoms with Gasteiger partial charge >= 0.3 is 0 Å². The fourth-order valence-corrected chi connectivity index (χ4v) is 2.48. The third-order valence-electron chi connectivity index (χ3n) is 3.85. The van der Waals surface area contributed by atoms with Crippen molar-refractivity contribution in [2.24, 2.45) is 4.99 Å². The standard InChI is InChI=1S/C19H29N5O2.HI/c1-6-25-16-9-7-15(8-10-16)13-24(5)19(20-4)21-12-11-17-22-18(14(2)3)23-26-17;/h7-10,14H,6,11-13H2,1-5H3,(H,20,21);1H. The molecule has 0 amide bonds. The van der Waals surface area contributed by atoms with Crippen LogP contribution in [0.5, 0.6) is 5.75 Å². The van der Waals surface area contributed by atoms with Crippen molar-refractivity contribution in [3.8, 4) is 5.75 Å². The molecule has 0 unspecified atom stereocenters. The van der Waals surface area contributed by atoms with Gasteiger partial charge in [-0.3, -0.25) is 4.99 Å². The normalized spacial score (nSPS) is 11.3. The molecule has 0 spiro atoms. The van der Waals surface area contributed by atoms with Gasteiger partial charge < -0.3 is 19.5 Å². The number of rotatable bonds is 8. The summed E-state index contributed by atoms with van der Waals surface area (Å²) >= 11 is 0. The highest BCUT2D eigenvalue weighted by Gasteiger charge is 2.11. The molecule has 1 heterocycles. The van der Waals surface area contributed by atoms with Crippen LogP contribution in [0, 0.1) is 0 Å². The van der Waals surface area contributed by atoms with Gasteiger partial charge in [0.15, 0.2) is 11.8 Å². The lowest BCUT2D eigenvalue weighted by Gasteiger charge is -2.22. The summed E-state index contributed by atoms with van der Waals surface area (Å²) < 4.78 is 10.7. The minimum atomic E-state index is 0. The molecule has 0 aliphatic carbocycles. The van der Waals surface area contributed by atoms with Crippen LogP contribution in [-0.4, -0.2) is 48.2 Å². The van der Waals surface area contributed by atoms with Gasteiger partial charge in [0.1, 0.15) is 5.75 Å². The fraction of sp³-hybridized carbons (Fsp3) is 0.526. The van der Waals surface area contributed by atoms with Crippen molar-refractivity contribution in [3.05, 3.63) is 41.5 Å². The van der Waals surface area contributed by atoms with E-state index in [-0.39, 0.29) is 29.9 Å². The lowest BCUT2D eigenvalue weighted by Crippen LogP contribution is -2.39. The predicted octanol–water partition coefficient (Wildman–Crippen LogP) is 3.46. The highest BCUT2D eigenvalue weighted by molar-refractivity contribution is 14.0. The van der Waals surface area contributed by atoms with E-state index < -0.39 is 0 Å². The van der Waals surface area contributed by atoms with Crippen LogP contribution in [0.2, 0.25) is 0 Å². The van der Waals surface area contributed by atoms with Crippen molar-refractivity contribution >= 4 is 29.9 Å². The van der Waals surface area contributed by atoms with Gasteiger partial charge in [0.2, 0.25) is 5.89 Å². The lowest BCUT2D eigenvalue weighted by atomic mass is 10.2. The molecule has 1 aromatic heterocycles. The molecule has 150 valence electrons. The smallest absolute Gasteiger partial charge is 0.228 e. The molecule has 1 aromatic carbocycles. The van der Waals surface area contributed by atoms with Gasteiger partial charge in [-0.15, -0.1) is 24.0 Å². The summed E-state index contributed by atoms with van der Waals surface area (Å²) in [4.78, 5) is 10.8. The van der Waals surface area contributed by atoms with E-state index in [1.807, 2.05) is 40.0 Å². The lowest BCUT2D eigenvalue weighted by molar-refractivity contribution is 0.340. The molecule has 27 heavy (non-hydrogen) atoms. The SMILES string of the molecule is CCOc1ccc(CN(C)C(=NC)NCCc2nc(C(C)C)no2)cc1.I. The average molecular weight is 487 g/mol. The quantitative estimate of drug-likeness (QED) is 0.349. The van der Waals surface area contributed by atoms with Crippen molar-refractivity contribution in [1.29, 1.82) is 0 Å². The largest absolute Gasteiger partial charge is 0.494 e. The molecule has 2 rings (SSSR count). The maximum absolute atomic E-state index is 5.48. The van der Waals surface area contributed by atoms with Crippen LogP contribution in [0.3, 0.4) is 0 Å². The molecule has 8 heteroatoms. The van der Waals surface area contributed by atoms with Crippen molar-refractivity contribution < 1.29 is 9.26 Å². The number of ether oxygens (including phenoxy) is 1. The summed E-state index contributed by atoms with van der Waals surface area (Å²) in [7, 11) is 3.79. The van der Waals surface area contributed by atoms with E-state index in [0.29, 0.717) is 25.5 Å². The summed E-state index contributed by atoms with van der Waals surface area (Å²) in [5.74, 6) is 3.38. The predicted molar refractivity (Wildman–Crippen MR) is 118 cm³/mol. The van der Waals surface area contributed by atoms with Crippen molar-refractivity contribution in [2.75, 3.05) is 27.2 Å². The summed E-state index contributed by atoms with van der Waals surface area (Å²) in [5, 5.41) is 7.31. The number of hydrogen-bond acceptors (Lipinski definition) is 5. The van der Waals surface area contributed by atoms with E-state index >= 15 is 0 Å². The minimum Gasteiger partial charge on any atom is -0.494 e. The summed E-state index contributed by atoms with van der Waals surface area (Å²) in [6.45, 7) is 8.18. The van der Waals surface area contributed by atoms with Crippen LogP contribution in [0.1, 0.15) is 44.0 Å². The first kappa shape index (κ1) is 23.2. The van der Waals surface area contributed by atoms with Gasteiger partial charge in [-0.05, 0) is 24.6 Å². The van der Waals surface area contributed by atoms with Crippen molar-refractivity contribution in [1.82, 2.24) is 20.4 Å². The highest BCUT2D eigenvalue weighted by atomic mass is 127. The molecule has 2 aromatic rings. The van der Waals surface area contributed by atoms with Crippen LogP contribution in [0.4, 0.5) is 0 Å². The Labute approximate surface area is 178 Å². The van der Waals surface area contributed by atoms with E-state index in [2.05, 4.69) is 37.5 Å². The van der Waals surface area contributed by atoms with Crippen LogP contribution in [0.15, 0.2) is 33.8 Å². The monoisotopic (exact) mass is 487 g/mol. The molecule has 0 fully saturated rings. The van der Waals surface area contributed by atoms with E-state index in [1.54, 1.807) is 7.05 Å². The Kier molecular flexibility index (Phi) is 10.1. The molecule has 0 saturated carbocycles. The first-order valence-electron chi connectivity index (χ1n) is 8.99. The topological polar surface area (TPSA) is 75.8 Å². The highest BCUT2D eigenvalue weighted by Crippen LogP contribution is 2.13. The molecule has 0 saturated heterocycles. The molecular formula is C19H30IN5O2. The maximum atomic E-state index is 5.48. The minimum absolute atomic E-state index is 0. The molecule has 0 atom stereocenters. The number of aromatic nitrogens is 2. The number of benzene rings is 1. The van der Waals surface area contributed by atoms with Gasteiger partial charge in [-0.1, -0.05) is 31.1 Å². The summed E-state index contributed by atoms with van der Waals surface area (Å²) in [6.07, 6.45) is 0.662. The Balaban J connectivity index is 0.00000364. The van der Waals surface area contributed by atoms with Crippen molar-refractivity contribution in [2.45, 2.75) is 39.7 Å². The van der Waals surface area contributed by atoms with Gasteiger partial charge in [-0.25, -0.2) is 0 Å². The Morgan fingerprint density at radius 1 is 1.30 bits per heavy atom. The average Bonchev–Trinajstić information content (AvgIpc) is 3.10. The Morgan fingerprint density at radius 3 is 2.56 bits per heavy atom. The first-order valence-corrected chi connectivity index (χ1v) is 8.99. The second-order valence-electron chi connectivity index (χ2n) is 6.36. The Bertz CT molecular complexity index is 700. The number of halogens is 1. The third kappa shape index (κ3) is 7.36. The van der Waals surface area contributed by atoms with Gasteiger partial charge in [0, 0.05) is 39.5 Å². The van der Waals surface area contributed by atoms with Crippen LogP contribution < -0.4 is 10.1 Å². The van der Waals surface area contributed by atoms with Gasteiger partial charge in [0.05, 0.1) is 6.61 Å². The molecular weight excluding hydrogens is 457 g/mol. The van der Waals surface area contributed by atoms with Crippen LogP contribution in [-0.2, 0) is 13.0 Å². The number of nitrogens with zero attached hydrogens (tertiary/aromatic N) is 4. The first-order chi connectivity index (χ1) is 12.5. The number of hydrogen-bond donors (Lipinski definition) is 1. The Hall–Kier alpha value is -1.84. The zero-order chi connectivity index (χ0) is 18.9. The van der Waals surface area contributed by atoms with E-state index in [9.17, 15) is 0 Å². The maximum Gasteiger partial charge on any atom is 0.228 e. The molecule has 0 aliphatic heterocycles. The summed E-state index contributed by atoms with van der Waals surface area (Å²) in [5.41, 5.74) is 1.19. The molecule has 0 aliphatic rings. The van der Waals surface area contributed by atoms with E-state index in [0.717, 1.165) is 24.1 Å². The van der Waals surface area contributed by atoms with Crippen molar-refractivity contribution in [3.63, 3.8) is 0 Å². The van der Waals surface area contributed by atoms with Crippen LogP contribution >= 0.6 is 24.0 Å². The zero-order valence-corrected chi connectivity index (χ0v) is 19.1. The Morgan fingerprint density at radius 2 is 2.00 bits per heavy atom. The zero-order valence-electron chi connectivity index (χ0n) is 16.7. The number of aliphatic imine (C=N–C) groups is 1. The number of nitrogens with one attached hydrogen (secondary N) is 1. The molecule has 1 N–H and O–H groups in total. The molecule has 0 radical (unpaired) electrons. The number of guanidine groups is 1. The summed E-state index contributed by atoms with van der Waals surface area (Å²) in [6, 6.07) is 8.12. The van der Waals surface area contributed by atoms with E-state index in [1.165, 1.54) is 5.56 Å². The second kappa shape index (κ2) is 11.8.